The molecule has 0 amide bonds. The number of halogens is 3. The van der Waals surface area contributed by atoms with E-state index in [0.717, 1.165) is 0 Å². The summed E-state index contributed by atoms with van der Waals surface area (Å²) in [5.41, 5.74) is 1.20. The first-order valence-electron chi connectivity index (χ1n) is 6.57. The van der Waals surface area contributed by atoms with Gasteiger partial charge in [0.2, 0.25) is 0 Å². The second-order valence-electron chi connectivity index (χ2n) is 4.74. The van der Waals surface area contributed by atoms with E-state index in [0.29, 0.717) is 11.1 Å². The van der Waals surface area contributed by atoms with Crippen molar-refractivity contribution in [3.05, 3.63) is 71.0 Å². The third kappa shape index (κ3) is 2.89. The predicted octanol–water partition coefficient (Wildman–Crippen LogP) is 4.61. The Morgan fingerprint density at radius 2 is 1.83 bits per heavy atom. The third-order valence-corrected chi connectivity index (χ3v) is 3.51. The smallest absolute Gasteiger partial charge is 0.152 e. The van der Waals surface area contributed by atoms with Gasteiger partial charge in [-0.1, -0.05) is 23.7 Å². The van der Waals surface area contributed by atoms with E-state index < -0.39 is 11.6 Å². The van der Waals surface area contributed by atoms with Crippen molar-refractivity contribution in [1.82, 2.24) is 10.2 Å². The first-order valence-corrected chi connectivity index (χ1v) is 6.95. The minimum Gasteiger partial charge on any atom is -0.206 e. The van der Waals surface area contributed by atoms with Crippen LogP contribution >= 0.6 is 11.6 Å². The summed E-state index contributed by atoms with van der Waals surface area (Å²) in [4.78, 5) is 0. The molecule has 0 unspecified atom stereocenters. The van der Waals surface area contributed by atoms with E-state index in [9.17, 15) is 8.78 Å². The van der Waals surface area contributed by atoms with Crippen LogP contribution in [0, 0.1) is 23.0 Å². The maximum Gasteiger partial charge on any atom is 0.152 e. The summed E-state index contributed by atoms with van der Waals surface area (Å²) in [5, 5.41) is 16.7. The Labute approximate surface area is 135 Å². The third-order valence-electron chi connectivity index (χ3n) is 3.33. The molecule has 0 spiro atoms. The van der Waals surface area contributed by atoms with Crippen molar-refractivity contribution in [2.45, 2.75) is 0 Å². The van der Waals surface area contributed by atoms with Crippen molar-refractivity contribution in [2.24, 2.45) is 0 Å². The van der Waals surface area contributed by atoms with Crippen LogP contribution in [0.15, 0.2) is 48.7 Å². The molecule has 3 nitrogen and oxygen atoms in total. The van der Waals surface area contributed by atoms with E-state index in [2.05, 4.69) is 10.2 Å². The van der Waals surface area contributed by atoms with Gasteiger partial charge in [0.05, 0.1) is 17.8 Å². The number of hydrogen-bond acceptors (Lipinski definition) is 3. The lowest BCUT2D eigenvalue weighted by Gasteiger charge is -2.10. The monoisotopic (exact) mass is 327 g/mol. The van der Waals surface area contributed by atoms with Gasteiger partial charge in [-0.3, -0.25) is 0 Å². The van der Waals surface area contributed by atoms with Gasteiger partial charge in [0.1, 0.15) is 11.6 Å². The van der Waals surface area contributed by atoms with Crippen LogP contribution in [0.4, 0.5) is 8.78 Å². The molecule has 23 heavy (non-hydrogen) atoms. The molecular formula is C17H8ClF2N3. The molecule has 0 saturated heterocycles. The molecule has 0 N–H and O–H groups in total. The fraction of sp³-hybridized carbons (Fsp3) is 0. The normalized spacial score (nSPS) is 10.3. The molecule has 112 valence electrons. The van der Waals surface area contributed by atoms with Gasteiger partial charge in [-0.2, -0.15) is 10.4 Å². The summed E-state index contributed by atoms with van der Waals surface area (Å²) in [6, 6.07) is 11.7. The van der Waals surface area contributed by atoms with Crippen LogP contribution in [0.5, 0.6) is 0 Å². The standard InChI is InChI=1S/C17H8ClF2N3/c18-16-7-12(9-22-23-16)10-4-5-14(19)13(6-10)17-11(8-21)2-1-3-15(17)20/h1-7,9H. The summed E-state index contributed by atoms with van der Waals surface area (Å²) in [5.74, 6) is -1.28. The molecule has 1 heterocycles. The van der Waals surface area contributed by atoms with E-state index in [-0.39, 0.29) is 21.8 Å². The number of benzene rings is 2. The fourth-order valence-corrected chi connectivity index (χ4v) is 2.45. The molecule has 0 bridgehead atoms. The van der Waals surface area contributed by atoms with Gasteiger partial charge in [0.25, 0.3) is 0 Å². The van der Waals surface area contributed by atoms with Crippen LogP contribution in [0.1, 0.15) is 5.56 Å². The minimum absolute atomic E-state index is 0.00471. The molecule has 0 radical (unpaired) electrons. The molecular weight excluding hydrogens is 320 g/mol. The molecule has 0 atom stereocenters. The van der Waals surface area contributed by atoms with E-state index in [4.69, 9.17) is 16.9 Å². The highest BCUT2D eigenvalue weighted by Crippen LogP contribution is 2.32. The number of aromatic nitrogens is 2. The SMILES string of the molecule is N#Cc1cccc(F)c1-c1cc(-c2cnnc(Cl)c2)ccc1F. The van der Waals surface area contributed by atoms with E-state index in [1.54, 1.807) is 6.07 Å². The lowest BCUT2D eigenvalue weighted by Crippen LogP contribution is -1.94. The Morgan fingerprint density at radius 3 is 2.57 bits per heavy atom. The molecule has 1 aromatic heterocycles. The predicted molar refractivity (Wildman–Crippen MR) is 82.5 cm³/mol. The maximum absolute atomic E-state index is 14.2. The van der Waals surface area contributed by atoms with E-state index in [1.807, 2.05) is 6.07 Å². The average Bonchev–Trinajstić information content (AvgIpc) is 2.55. The first kappa shape index (κ1) is 15.1. The minimum atomic E-state index is -0.661. The van der Waals surface area contributed by atoms with Crippen molar-refractivity contribution in [1.29, 1.82) is 5.26 Å². The molecule has 0 saturated carbocycles. The number of hydrogen-bond donors (Lipinski definition) is 0. The highest BCUT2D eigenvalue weighted by atomic mass is 35.5. The Hall–Kier alpha value is -2.84. The highest BCUT2D eigenvalue weighted by molar-refractivity contribution is 6.29. The van der Waals surface area contributed by atoms with Crippen LogP contribution in [-0.2, 0) is 0 Å². The van der Waals surface area contributed by atoms with Crippen molar-refractivity contribution < 1.29 is 8.78 Å². The zero-order chi connectivity index (χ0) is 16.4. The molecule has 0 aliphatic heterocycles. The van der Waals surface area contributed by atoms with Gasteiger partial charge >= 0.3 is 0 Å². The second kappa shape index (κ2) is 6.11. The summed E-state index contributed by atoms with van der Waals surface area (Å²) >= 11 is 5.80. The molecule has 3 aromatic rings. The van der Waals surface area contributed by atoms with E-state index in [1.165, 1.54) is 42.6 Å². The van der Waals surface area contributed by atoms with Crippen LogP contribution in [-0.4, -0.2) is 10.2 Å². The zero-order valence-corrected chi connectivity index (χ0v) is 12.4. The lowest BCUT2D eigenvalue weighted by molar-refractivity contribution is 0.616. The van der Waals surface area contributed by atoms with Crippen molar-refractivity contribution in [3.8, 4) is 28.3 Å². The van der Waals surface area contributed by atoms with Crippen LogP contribution in [0.3, 0.4) is 0 Å². The van der Waals surface area contributed by atoms with Gasteiger partial charge < -0.3 is 0 Å². The fourth-order valence-electron chi connectivity index (χ4n) is 2.29. The first-order chi connectivity index (χ1) is 11.1. The quantitative estimate of drug-likeness (QED) is 0.690. The van der Waals surface area contributed by atoms with Crippen LogP contribution in [0.2, 0.25) is 5.15 Å². The van der Waals surface area contributed by atoms with E-state index >= 15 is 0 Å². The van der Waals surface area contributed by atoms with Gasteiger partial charge in [-0.05, 0) is 35.9 Å². The van der Waals surface area contributed by atoms with Gasteiger partial charge in [0.15, 0.2) is 5.15 Å². The summed E-state index contributed by atoms with van der Waals surface area (Å²) in [6.45, 7) is 0. The molecule has 6 heteroatoms. The lowest BCUT2D eigenvalue weighted by atomic mass is 9.96. The molecule has 0 fully saturated rings. The Bertz CT molecular complexity index is 935. The van der Waals surface area contributed by atoms with Crippen molar-refractivity contribution in [3.63, 3.8) is 0 Å². The summed E-state index contributed by atoms with van der Waals surface area (Å²) < 4.78 is 28.4. The van der Waals surface area contributed by atoms with Gasteiger partial charge in [-0.25, -0.2) is 8.78 Å². The van der Waals surface area contributed by atoms with Crippen molar-refractivity contribution >= 4 is 11.6 Å². The Kier molecular flexibility index (Phi) is 4.00. The average molecular weight is 328 g/mol. The van der Waals surface area contributed by atoms with Gasteiger partial charge in [0, 0.05) is 16.7 Å². The highest BCUT2D eigenvalue weighted by Gasteiger charge is 2.16. The van der Waals surface area contributed by atoms with Gasteiger partial charge in [-0.15, -0.1) is 5.10 Å². The largest absolute Gasteiger partial charge is 0.206 e. The Balaban J connectivity index is 2.23. The molecule has 2 aromatic carbocycles. The van der Waals surface area contributed by atoms with Crippen LogP contribution < -0.4 is 0 Å². The molecule has 0 aliphatic rings. The number of nitriles is 1. The summed E-state index contributed by atoms with van der Waals surface area (Å²) in [7, 11) is 0. The zero-order valence-electron chi connectivity index (χ0n) is 11.6. The number of rotatable bonds is 2. The molecule has 0 aliphatic carbocycles. The molecule has 3 rings (SSSR count). The Morgan fingerprint density at radius 1 is 1.00 bits per heavy atom. The summed E-state index contributed by atoms with van der Waals surface area (Å²) in [6.07, 6.45) is 1.47. The maximum atomic E-state index is 14.2. The van der Waals surface area contributed by atoms with Crippen LogP contribution in [0.25, 0.3) is 22.3 Å². The van der Waals surface area contributed by atoms with Crippen molar-refractivity contribution in [2.75, 3.05) is 0 Å². The second-order valence-corrected chi connectivity index (χ2v) is 5.12. The topological polar surface area (TPSA) is 49.6 Å². The number of nitrogens with zero attached hydrogens (tertiary/aromatic N) is 3.